The van der Waals surface area contributed by atoms with Crippen molar-refractivity contribution in [1.82, 2.24) is 9.55 Å². The molecule has 0 saturated carbocycles. The lowest BCUT2D eigenvalue weighted by Crippen LogP contribution is -2.39. The Bertz CT molecular complexity index is 987. The van der Waals surface area contributed by atoms with Crippen molar-refractivity contribution in [2.45, 2.75) is 65.6 Å². The average Bonchev–Trinajstić information content (AvgIpc) is 3.18. The zero-order valence-electron chi connectivity index (χ0n) is 20.8. The summed E-state index contributed by atoms with van der Waals surface area (Å²) in [5.41, 5.74) is 1.91. The highest BCUT2D eigenvalue weighted by atomic mass is 16.5. The summed E-state index contributed by atoms with van der Waals surface area (Å²) in [6.07, 6.45) is 13.2. The summed E-state index contributed by atoms with van der Waals surface area (Å²) < 4.78 is 13.1. The summed E-state index contributed by atoms with van der Waals surface area (Å²) in [4.78, 5) is 41.4. The number of hydrogen-bond donors (Lipinski definition) is 0. The van der Waals surface area contributed by atoms with E-state index in [-0.39, 0.29) is 24.0 Å². The van der Waals surface area contributed by atoms with Gasteiger partial charge in [-0.05, 0) is 62.0 Å². The number of fused-ring (bicyclic) bond motifs is 1. The molecule has 7 heteroatoms. The van der Waals surface area contributed by atoms with Crippen LogP contribution >= 0.6 is 0 Å². The second-order valence-electron chi connectivity index (χ2n) is 9.80. The van der Waals surface area contributed by atoms with Gasteiger partial charge >= 0.3 is 11.9 Å². The normalized spacial score (nSPS) is 27.9. The van der Waals surface area contributed by atoms with E-state index in [2.05, 4.69) is 31.8 Å². The number of aryl methyl sites for hydroxylation is 1. The van der Waals surface area contributed by atoms with E-state index in [1.165, 1.54) is 18.6 Å². The van der Waals surface area contributed by atoms with Crippen LogP contribution in [0.2, 0.25) is 0 Å². The lowest BCUT2D eigenvalue weighted by molar-refractivity contribution is -0.154. The van der Waals surface area contributed by atoms with E-state index in [0.29, 0.717) is 30.4 Å². The summed E-state index contributed by atoms with van der Waals surface area (Å²) in [5.74, 6) is 0.0147. The standard InChI is InChI=1S/C27H36N2O5/c1-17(2)22-11-9-18(3)23-13-21(34-27(32)12-10-20-15-29(5)16-28-20)7-6-8-25(31)26(14-24(22)23)33-19(4)30/h6-7,9-10,12,15-17,21-24,26H,8,11,13-14H2,1-5H3/t21-,22-,23+,24-,26+/m1/s1. The second kappa shape index (κ2) is 11.4. The number of esters is 2. The molecule has 0 aliphatic heterocycles. The average molecular weight is 469 g/mol. The van der Waals surface area contributed by atoms with Crippen LogP contribution in [0.5, 0.6) is 0 Å². The first-order valence-corrected chi connectivity index (χ1v) is 12.0. The van der Waals surface area contributed by atoms with Crippen molar-refractivity contribution in [1.29, 1.82) is 0 Å². The molecule has 3 rings (SSSR count). The van der Waals surface area contributed by atoms with Crippen molar-refractivity contribution in [3.05, 3.63) is 48.1 Å². The molecule has 1 heterocycles. The van der Waals surface area contributed by atoms with Gasteiger partial charge in [-0.1, -0.05) is 31.6 Å². The van der Waals surface area contributed by atoms with Gasteiger partial charge < -0.3 is 14.0 Å². The zero-order chi connectivity index (χ0) is 24.8. The van der Waals surface area contributed by atoms with Crippen LogP contribution in [0.1, 0.15) is 59.1 Å². The molecule has 0 aromatic carbocycles. The van der Waals surface area contributed by atoms with Crippen molar-refractivity contribution in [3.8, 4) is 0 Å². The first kappa shape index (κ1) is 25.7. The van der Waals surface area contributed by atoms with Crippen LogP contribution in [0.15, 0.2) is 42.4 Å². The number of carbonyl (C=O) groups excluding carboxylic acids is 3. The van der Waals surface area contributed by atoms with Gasteiger partial charge in [-0.15, -0.1) is 0 Å². The molecule has 0 bridgehead atoms. The Morgan fingerprint density at radius 3 is 2.65 bits per heavy atom. The van der Waals surface area contributed by atoms with Gasteiger partial charge in [0.1, 0.15) is 6.10 Å². The Morgan fingerprint density at radius 1 is 1.24 bits per heavy atom. The van der Waals surface area contributed by atoms with Crippen LogP contribution in [-0.4, -0.2) is 39.5 Å². The minimum Gasteiger partial charge on any atom is -0.455 e. The summed E-state index contributed by atoms with van der Waals surface area (Å²) >= 11 is 0. The number of ether oxygens (including phenoxy) is 2. The van der Waals surface area contributed by atoms with E-state index in [4.69, 9.17) is 9.47 Å². The largest absolute Gasteiger partial charge is 0.455 e. The molecule has 184 valence electrons. The Labute approximate surface area is 201 Å². The molecule has 0 radical (unpaired) electrons. The molecular weight excluding hydrogens is 432 g/mol. The third-order valence-electron chi connectivity index (χ3n) is 6.91. The predicted molar refractivity (Wildman–Crippen MR) is 129 cm³/mol. The number of aromatic nitrogens is 2. The lowest BCUT2D eigenvalue weighted by Gasteiger charge is -2.42. The van der Waals surface area contributed by atoms with Crippen molar-refractivity contribution in [2.75, 3.05) is 0 Å². The maximum atomic E-state index is 12.9. The summed E-state index contributed by atoms with van der Waals surface area (Å²) in [5, 5.41) is 0. The smallest absolute Gasteiger partial charge is 0.331 e. The minimum atomic E-state index is -0.748. The summed E-state index contributed by atoms with van der Waals surface area (Å²) in [6, 6.07) is 0. The SMILES string of the molecule is CC(=O)O[C@H]1C[C@@H]2[C@@H](C(C)C)CC=C(C)[C@@H]2C[C@H](OC(=O)C=Cc2cn(C)cn2)C=CCC1=O. The maximum Gasteiger partial charge on any atom is 0.331 e. The van der Waals surface area contributed by atoms with Crippen molar-refractivity contribution in [3.63, 3.8) is 0 Å². The Morgan fingerprint density at radius 2 is 2.00 bits per heavy atom. The molecule has 7 nitrogen and oxygen atoms in total. The maximum absolute atomic E-state index is 12.9. The predicted octanol–water partition coefficient (Wildman–Crippen LogP) is 4.44. The van der Waals surface area contributed by atoms with E-state index in [9.17, 15) is 14.4 Å². The zero-order valence-corrected chi connectivity index (χ0v) is 20.8. The number of carbonyl (C=O) groups is 3. The van der Waals surface area contributed by atoms with Gasteiger partial charge in [-0.3, -0.25) is 9.59 Å². The molecule has 34 heavy (non-hydrogen) atoms. The van der Waals surface area contributed by atoms with Crippen LogP contribution in [0, 0.1) is 23.7 Å². The first-order chi connectivity index (χ1) is 16.1. The Kier molecular flexibility index (Phi) is 8.64. The number of nitrogens with zero attached hydrogens (tertiary/aromatic N) is 2. The van der Waals surface area contributed by atoms with Crippen LogP contribution in [0.3, 0.4) is 0 Å². The summed E-state index contributed by atoms with van der Waals surface area (Å²) in [6.45, 7) is 7.83. The fraction of sp³-hybridized carbons (Fsp3) is 0.556. The van der Waals surface area contributed by atoms with Crippen LogP contribution in [0.25, 0.3) is 6.08 Å². The van der Waals surface area contributed by atoms with E-state index < -0.39 is 24.1 Å². The van der Waals surface area contributed by atoms with Gasteiger partial charge in [0, 0.05) is 32.7 Å². The molecule has 1 aromatic rings. The van der Waals surface area contributed by atoms with Crippen molar-refractivity contribution >= 4 is 23.8 Å². The molecule has 2 aliphatic carbocycles. The fourth-order valence-electron chi connectivity index (χ4n) is 5.19. The second-order valence-corrected chi connectivity index (χ2v) is 9.80. The number of ketones is 1. The van der Waals surface area contributed by atoms with Crippen LogP contribution < -0.4 is 0 Å². The summed E-state index contributed by atoms with van der Waals surface area (Å²) in [7, 11) is 1.86. The molecule has 0 saturated heterocycles. The minimum absolute atomic E-state index is 0.118. The Balaban J connectivity index is 1.85. The number of hydrogen-bond acceptors (Lipinski definition) is 6. The molecule has 0 amide bonds. The monoisotopic (exact) mass is 468 g/mol. The van der Waals surface area contributed by atoms with E-state index >= 15 is 0 Å². The highest BCUT2D eigenvalue weighted by molar-refractivity contribution is 5.87. The highest BCUT2D eigenvalue weighted by Gasteiger charge is 2.40. The topological polar surface area (TPSA) is 87.5 Å². The number of imidazole rings is 1. The van der Waals surface area contributed by atoms with Crippen LogP contribution in [-0.2, 0) is 30.9 Å². The van der Waals surface area contributed by atoms with Gasteiger partial charge in [-0.2, -0.15) is 0 Å². The number of allylic oxidation sites excluding steroid dienone is 3. The molecule has 0 unspecified atom stereocenters. The van der Waals surface area contributed by atoms with Gasteiger partial charge in [0.15, 0.2) is 11.9 Å². The van der Waals surface area contributed by atoms with Gasteiger partial charge in [0.2, 0.25) is 0 Å². The van der Waals surface area contributed by atoms with Gasteiger partial charge in [0.05, 0.1) is 12.0 Å². The van der Waals surface area contributed by atoms with E-state index in [1.54, 1.807) is 29.1 Å². The van der Waals surface area contributed by atoms with Gasteiger partial charge in [-0.25, -0.2) is 9.78 Å². The third-order valence-corrected chi connectivity index (χ3v) is 6.91. The van der Waals surface area contributed by atoms with E-state index in [0.717, 1.165) is 6.42 Å². The molecule has 0 fully saturated rings. The molecule has 0 spiro atoms. The molecular formula is C27H36N2O5. The number of rotatable bonds is 5. The van der Waals surface area contributed by atoms with Crippen molar-refractivity contribution in [2.24, 2.45) is 30.7 Å². The number of Topliss-reactive ketones (excluding diaryl/α,β-unsaturated/α-hetero) is 1. The van der Waals surface area contributed by atoms with E-state index in [1.807, 2.05) is 13.2 Å². The highest BCUT2D eigenvalue weighted by Crippen LogP contribution is 2.44. The Hall–Kier alpha value is -2.96. The van der Waals surface area contributed by atoms with Crippen molar-refractivity contribution < 1.29 is 23.9 Å². The van der Waals surface area contributed by atoms with Crippen LogP contribution in [0.4, 0.5) is 0 Å². The lowest BCUT2D eigenvalue weighted by atomic mass is 9.64. The first-order valence-electron chi connectivity index (χ1n) is 12.0. The molecule has 5 atom stereocenters. The molecule has 2 aliphatic rings. The third kappa shape index (κ3) is 6.78. The fourth-order valence-corrected chi connectivity index (χ4v) is 5.19. The molecule has 1 aromatic heterocycles. The quantitative estimate of drug-likeness (QED) is 0.361. The van der Waals surface area contributed by atoms with Gasteiger partial charge in [0.25, 0.3) is 0 Å². The molecule has 0 N–H and O–H groups in total.